The van der Waals surface area contributed by atoms with Crippen LogP contribution in [0.4, 0.5) is 4.39 Å². The van der Waals surface area contributed by atoms with Gasteiger partial charge in [-0.05, 0) is 18.2 Å². The number of hydrogen-bond donors (Lipinski definition) is 1. The molecule has 72 valence electrons. The molecule has 1 aromatic heterocycles. The van der Waals surface area contributed by atoms with Crippen LogP contribution in [0.3, 0.4) is 0 Å². The van der Waals surface area contributed by atoms with E-state index in [0.717, 1.165) is 6.07 Å². The zero-order valence-corrected chi connectivity index (χ0v) is 7.50. The fourth-order valence-corrected chi connectivity index (χ4v) is 1.41. The van der Waals surface area contributed by atoms with E-state index in [1.54, 1.807) is 12.3 Å². The van der Waals surface area contributed by atoms with Gasteiger partial charge in [0.1, 0.15) is 5.82 Å². The van der Waals surface area contributed by atoms with Crippen LogP contribution in [-0.2, 0) is 4.74 Å². The van der Waals surface area contributed by atoms with Gasteiger partial charge in [-0.2, -0.15) is 0 Å². The maximum absolute atomic E-state index is 13.0. The molecule has 0 amide bonds. The van der Waals surface area contributed by atoms with Crippen LogP contribution in [0.2, 0.25) is 0 Å². The van der Waals surface area contributed by atoms with E-state index < -0.39 is 11.8 Å². The number of aromatic nitrogens is 1. The van der Waals surface area contributed by atoms with E-state index in [1.807, 2.05) is 0 Å². The number of rotatable bonds is 1. The molecule has 1 aromatic carbocycles. The molecule has 3 nitrogen and oxygen atoms in total. The van der Waals surface area contributed by atoms with Crippen molar-refractivity contribution >= 4 is 16.9 Å². The molecular weight excluding hydrogens is 185 g/mol. The summed E-state index contributed by atoms with van der Waals surface area (Å²) in [6.45, 7) is 0. The molecule has 0 fully saturated rings. The first-order valence-electron chi connectivity index (χ1n) is 4.07. The van der Waals surface area contributed by atoms with E-state index in [9.17, 15) is 9.18 Å². The average molecular weight is 193 g/mol. The minimum Gasteiger partial charge on any atom is -0.465 e. The number of fused-ring (bicyclic) bond motifs is 1. The average Bonchev–Trinajstić information content (AvgIpc) is 2.62. The summed E-state index contributed by atoms with van der Waals surface area (Å²) in [5.41, 5.74) is 0.811. The fraction of sp³-hybridized carbons (Fsp3) is 0.100. The summed E-state index contributed by atoms with van der Waals surface area (Å²) < 4.78 is 17.6. The van der Waals surface area contributed by atoms with Gasteiger partial charge in [0, 0.05) is 11.6 Å². The second-order valence-electron chi connectivity index (χ2n) is 2.89. The van der Waals surface area contributed by atoms with Gasteiger partial charge in [-0.25, -0.2) is 9.18 Å². The van der Waals surface area contributed by atoms with Crippen LogP contribution in [0.25, 0.3) is 10.9 Å². The van der Waals surface area contributed by atoms with Crippen molar-refractivity contribution in [1.82, 2.24) is 4.98 Å². The highest BCUT2D eigenvalue weighted by Crippen LogP contribution is 2.19. The van der Waals surface area contributed by atoms with Gasteiger partial charge in [0.05, 0.1) is 18.2 Å². The highest BCUT2D eigenvalue weighted by molar-refractivity contribution is 6.02. The maximum Gasteiger partial charge on any atom is 0.340 e. The van der Waals surface area contributed by atoms with Crippen molar-refractivity contribution in [3.63, 3.8) is 0 Å². The molecule has 0 atom stereocenters. The van der Waals surface area contributed by atoms with Gasteiger partial charge in [-0.1, -0.05) is 0 Å². The molecule has 2 aromatic rings. The van der Waals surface area contributed by atoms with Gasteiger partial charge in [-0.3, -0.25) is 0 Å². The smallest absolute Gasteiger partial charge is 0.340 e. The van der Waals surface area contributed by atoms with E-state index in [-0.39, 0.29) is 5.56 Å². The number of ether oxygens (including phenoxy) is 1. The molecule has 1 N–H and O–H groups in total. The van der Waals surface area contributed by atoms with Crippen molar-refractivity contribution in [1.29, 1.82) is 0 Å². The fourth-order valence-electron chi connectivity index (χ4n) is 1.41. The van der Waals surface area contributed by atoms with Gasteiger partial charge in [0.15, 0.2) is 0 Å². The quantitative estimate of drug-likeness (QED) is 0.704. The Morgan fingerprint density at radius 2 is 2.29 bits per heavy atom. The van der Waals surface area contributed by atoms with Gasteiger partial charge in [-0.15, -0.1) is 0 Å². The second-order valence-corrected chi connectivity index (χ2v) is 2.89. The Hall–Kier alpha value is -1.84. The first kappa shape index (κ1) is 8.74. The number of hydrogen-bond acceptors (Lipinski definition) is 2. The minimum absolute atomic E-state index is 0.215. The van der Waals surface area contributed by atoms with Gasteiger partial charge < -0.3 is 9.72 Å². The van der Waals surface area contributed by atoms with E-state index >= 15 is 0 Å². The Bertz CT molecular complexity index is 490. The highest BCUT2D eigenvalue weighted by atomic mass is 19.1. The maximum atomic E-state index is 13.0. The molecule has 4 heteroatoms. The summed E-state index contributed by atoms with van der Waals surface area (Å²) in [5.74, 6) is -0.991. The highest BCUT2D eigenvalue weighted by Gasteiger charge is 2.12. The van der Waals surface area contributed by atoms with Crippen LogP contribution in [0, 0.1) is 5.82 Å². The number of methoxy groups -OCH3 is 1. The Kier molecular flexibility index (Phi) is 1.96. The Balaban J connectivity index is 2.72. The molecule has 0 saturated heterocycles. The third-order valence-corrected chi connectivity index (χ3v) is 2.03. The first-order valence-corrected chi connectivity index (χ1v) is 4.07. The summed E-state index contributed by atoms with van der Waals surface area (Å²) in [6, 6.07) is 4.22. The zero-order valence-electron chi connectivity index (χ0n) is 7.50. The summed E-state index contributed by atoms with van der Waals surface area (Å²) in [7, 11) is 1.27. The Morgan fingerprint density at radius 1 is 1.50 bits per heavy atom. The summed E-state index contributed by atoms with van der Waals surface area (Å²) in [4.78, 5) is 14.1. The minimum atomic E-state index is -0.544. The van der Waals surface area contributed by atoms with Crippen LogP contribution in [0.1, 0.15) is 10.4 Å². The van der Waals surface area contributed by atoms with E-state index in [1.165, 1.54) is 13.2 Å². The topological polar surface area (TPSA) is 42.1 Å². The lowest BCUT2D eigenvalue weighted by Crippen LogP contribution is -2.02. The van der Waals surface area contributed by atoms with Crippen molar-refractivity contribution in [2.24, 2.45) is 0 Å². The third-order valence-electron chi connectivity index (χ3n) is 2.03. The summed E-state index contributed by atoms with van der Waals surface area (Å²) >= 11 is 0. The lowest BCUT2D eigenvalue weighted by Gasteiger charge is -2.01. The van der Waals surface area contributed by atoms with Crippen LogP contribution >= 0.6 is 0 Å². The van der Waals surface area contributed by atoms with Crippen molar-refractivity contribution in [3.8, 4) is 0 Å². The van der Waals surface area contributed by atoms with Crippen molar-refractivity contribution in [2.75, 3.05) is 7.11 Å². The number of halogens is 1. The first-order chi connectivity index (χ1) is 6.72. The van der Waals surface area contributed by atoms with Crippen LogP contribution in [0.15, 0.2) is 24.4 Å². The molecule has 2 rings (SSSR count). The molecule has 0 unspecified atom stereocenters. The lowest BCUT2D eigenvalue weighted by atomic mass is 10.1. The van der Waals surface area contributed by atoms with Crippen LogP contribution < -0.4 is 0 Å². The molecule has 0 spiro atoms. The SMILES string of the molecule is COC(=O)c1cc(F)cc2cc[nH]c12. The monoisotopic (exact) mass is 193 g/mol. The third kappa shape index (κ3) is 1.25. The number of carbonyl (C=O) groups excluding carboxylic acids is 1. The van der Waals surface area contributed by atoms with E-state index in [4.69, 9.17) is 0 Å². The largest absolute Gasteiger partial charge is 0.465 e. The lowest BCUT2D eigenvalue weighted by molar-refractivity contribution is 0.0602. The van der Waals surface area contributed by atoms with Crippen molar-refractivity contribution in [2.45, 2.75) is 0 Å². The molecule has 1 heterocycles. The predicted octanol–water partition coefficient (Wildman–Crippen LogP) is 2.09. The van der Waals surface area contributed by atoms with Gasteiger partial charge in [0.25, 0.3) is 0 Å². The molecule has 0 aliphatic rings. The van der Waals surface area contributed by atoms with Crippen LogP contribution in [-0.4, -0.2) is 18.1 Å². The molecule has 0 aliphatic carbocycles. The summed E-state index contributed by atoms with van der Waals surface area (Å²) in [5, 5.41) is 0.658. The number of carbonyl (C=O) groups is 1. The van der Waals surface area contributed by atoms with Crippen LogP contribution in [0.5, 0.6) is 0 Å². The molecule has 0 aliphatic heterocycles. The normalized spacial score (nSPS) is 10.4. The number of esters is 1. The van der Waals surface area contributed by atoms with Gasteiger partial charge in [0.2, 0.25) is 0 Å². The van der Waals surface area contributed by atoms with Gasteiger partial charge >= 0.3 is 5.97 Å². The number of H-pyrrole nitrogens is 1. The zero-order chi connectivity index (χ0) is 10.1. The van der Waals surface area contributed by atoms with Crippen molar-refractivity contribution in [3.05, 3.63) is 35.8 Å². The van der Waals surface area contributed by atoms with E-state index in [2.05, 4.69) is 9.72 Å². The molecular formula is C10H8FNO2. The standard InChI is InChI=1S/C10H8FNO2/c1-14-10(13)8-5-7(11)4-6-2-3-12-9(6)8/h2-5,12H,1H3. The van der Waals surface area contributed by atoms with Crippen molar-refractivity contribution < 1.29 is 13.9 Å². The molecule has 0 bridgehead atoms. The molecule has 0 radical (unpaired) electrons. The predicted molar refractivity (Wildman–Crippen MR) is 49.6 cm³/mol. The number of benzene rings is 1. The Labute approximate surface area is 79.5 Å². The number of nitrogens with one attached hydrogen (secondary N) is 1. The second kappa shape index (κ2) is 3.14. The molecule has 14 heavy (non-hydrogen) atoms. The molecule has 0 saturated carbocycles. The van der Waals surface area contributed by atoms with E-state index in [0.29, 0.717) is 10.9 Å². The number of aromatic amines is 1. The summed E-state index contributed by atoms with van der Waals surface area (Å²) in [6.07, 6.45) is 1.65. The Morgan fingerprint density at radius 3 is 3.00 bits per heavy atom.